The van der Waals surface area contributed by atoms with Crippen molar-refractivity contribution in [2.75, 3.05) is 11.9 Å². The van der Waals surface area contributed by atoms with Crippen LogP contribution in [0.3, 0.4) is 0 Å². The van der Waals surface area contributed by atoms with Gasteiger partial charge in [-0.1, -0.05) is 86.4 Å². The van der Waals surface area contributed by atoms with Crippen LogP contribution in [0, 0.1) is 0 Å². The number of hydrogen-bond acceptors (Lipinski definition) is 4. The van der Waals surface area contributed by atoms with Gasteiger partial charge in [0.2, 0.25) is 0 Å². The van der Waals surface area contributed by atoms with Gasteiger partial charge in [0.15, 0.2) is 0 Å². The summed E-state index contributed by atoms with van der Waals surface area (Å²) >= 11 is 3.15. The van der Waals surface area contributed by atoms with Gasteiger partial charge in [-0.25, -0.2) is 4.57 Å². The molecule has 0 spiro atoms. The van der Waals surface area contributed by atoms with Crippen molar-refractivity contribution in [3.05, 3.63) is 12.2 Å². The number of allylic oxidation sites excluding steroid dienone is 2. The number of unbranched alkanes of at least 4 members (excludes halogenated alkanes) is 11. The standard InChI is InChI=1S/C21H40BrO6P/c1-2-3-4-5-6-7-8-9-10-11-12-13-14-15-16-17-21(23)28-20(18-22)19-27-29(24,25)26/h9-10,20H,2-8,11-19H2,1H3,(H2,24,25,26)/b10-9-/t20-/m1/s1. The first-order valence-corrected chi connectivity index (χ1v) is 13.6. The Hall–Kier alpha value is -0.200. The zero-order chi connectivity index (χ0) is 21.8. The number of ether oxygens (including phenoxy) is 1. The van der Waals surface area contributed by atoms with E-state index in [0.717, 1.165) is 32.1 Å². The number of halogens is 1. The highest BCUT2D eigenvalue weighted by molar-refractivity contribution is 9.09. The summed E-state index contributed by atoms with van der Waals surface area (Å²) in [6.07, 6.45) is 19.8. The minimum Gasteiger partial charge on any atom is -0.459 e. The molecule has 172 valence electrons. The number of phosphoric acid groups is 1. The smallest absolute Gasteiger partial charge is 0.459 e. The minimum atomic E-state index is -4.55. The molecule has 0 aliphatic heterocycles. The maximum Gasteiger partial charge on any atom is 0.469 e. The highest BCUT2D eigenvalue weighted by Gasteiger charge is 2.20. The van der Waals surface area contributed by atoms with Crippen LogP contribution < -0.4 is 0 Å². The van der Waals surface area contributed by atoms with Crippen LogP contribution in [0.25, 0.3) is 0 Å². The first-order valence-electron chi connectivity index (χ1n) is 11.0. The van der Waals surface area contributed by atoms with Gasteiger partial charge in [-0.2, -0.15) is 0 Å². The number of hydrogen-bond donors (Lipinski definition) is 2. The Balaban J connectivity index is 3.49. The molecule has 0 radical (unpaired) electrons. The maximum atomic E-state index is 11.8. The number of alkyl halides is 1. The summed E-state index contributed by atoms with van der Waals surface area (Å²) in [5.74, 6) is -0.360. The molecule has 0 aliphatic rings. The summed E-state index contributed by atoms with van der Waals surface area (Å²) in [5.41, 5.74) is 0. The minimum absolute atomic E-state index is 0.269. The molecule has 0 aromatic heterocycles. The van der Waals surface area contributed by atoms with Crippen molar-refractivity contribution in [3.63, 3.8) is 0 Å². The van der Waals surface area contributed by atoms with Crippen molar-refractivity contribution >= 4 is 29.7 Å². The Morgan fingerprint density at radius 2 is 1.45 bits per heavy atom. The van der Waals surface area contributed by atoms with Crippen LogP contribution in [-0.2, 0) is 18.6 Å². The molecule has 0 saturated carbocycles. The highest BCUT2D eigenvalue weighted by atomic mass is 79.9. The fourth-order valence-corrected chi connectivity index (χ4v) is 3.55. The zero-order valence-electron chi connectivity index (χ0n) is 17.9. The van der Waals surface area contributed by atoms with E-state index in [9.17, 15) is 9.36 Å². The first-order chi connectivity index (χ1) is 13.9. The maximum absolute atomic E-state index is 11.8. The van der Waals surface area contributed by atoms with E-state index in [1.807, 2.05) is 0 Å². The average Bonchev–Trinajstić information content (AvgIpc) is 2.67. The fraction of sp³-hybridized carbons (Fsp3) is 0.857. The molecule has 0 aromatic rings. The summed E-state index contributed by atoms with van der Waals surface area (Å²) in [5, 5.41) is 0.269. The molecule has 0 heterocycles. The van der Waals surface area contributed by atoms with Gasteiger partial charge in [0, 0.05) is 11.8 Å². The summed E-state index contributed by atoms with van der Waals surface area (Å²) in [6.45, 7) is 1.92. The summed E-state index contributed by atoms with van der Waals surface area (Å²) in [6, 6.07) is 0. The van der Waals surface area contributed by atoms with Crippen LogP contribution in [0.15, 0.2) is 12.2 Å². The molecule has 2 N–H and O–H groups in total. The van der Waals surface area contributed by atoms with Crippen molar-refractivity contribution in [1.29, 1.82) is 0 Å². The molecule has 0 unspecified atom stereocenters. The molecule has 8 heteroatoms. The van der Waals surface area contributed by atoms with E-state index in [1.165, 1.54) is 51.4 Å². The van der Waals surface area contributed by atoms with Gasteiger partial charge in [0.25, 0.3) is 0 Å². The van der Waals surface area contributed by atoms with Crippen molar-refractivity contribution < 1.29 is 28.4 Å². The van der Waals surface area contributed by atoms with E-state index in [0.29, 0.717) is 6.42 Å². The molecule has 29 heavy (non-hydrogen) atoms. The molecule has 0 rings (SSSR count). The number of esters is 1. The Labute approximate surface area is 185 Å². The van der Waals surface area contributed by atoms with E-state index in [2.05, 4.69) is 39.5 Å². The Kier molecular flexibility index (Phi) is 19.6. The van der Waals surface area contributed by atoms with E-state index < -0.39 is 13.9 Å². The molecule has 0 fully saturated rings. The van der Waals surface area contributed by atoms with Gasteiger partial charge >= 0.3 is 13.8 Å². The second-order valence-corrected chi connectivity index (χ2v) is 9.27. The van der Waals surface area contributed by atoms with Crippen LogP contribution in [0.4, 0.5) is 0 Å². The molecule has 0 bridgehead atoms. The van der Waals surface area contributed by atoms with Crippen LogP contribution >= 0.6 is 23.8 Å². The molecular weight excluding hydrogens is 459 g/mol. The predicted molar refractivity (Wildman–Crippen MR) is 121 cm³/mol. The third-order valence-corrected chi connectivity index (χ3v) is 5.75. The lowest BCUT2D eigenvalue weighted by atomic mass is 10.1. The lowest BCUT2D eigenvalue weighted by molar-refractivity contribution is -0.149. The van der Waals surface area contributed by atoms with E-state index >= 15 is 0 Å². The number of rotatable bonds is 20. The number of carbonyl (C=O) groups excluding carboxylic acids is 1. The largest absolute Gasteiger partial charge is 0.469 e. The zero-order valence-corrected chi connectivity index (χ0v) is 20.4. The normalized spacial score (nSPS) is 13.1. The molecule has 1 atom stereocenters. The van der Waals surface area contributed by atoms with Crippen LogP contribution in [0.1, 0.15) is 96.8 Å². The average molecular weight is 499 g/mol. The van der Waals surface area contributed by atoms with Crippen molar-refractivity contribution in [2.45, 2.75) is 103 Å². The summed E-state index contributed by atoms with van der Waals surface area (Å²) < 4.78 is 20.2. The SMILES string of the molecule is CCCCCCCC/C=C\CCCCCCCC(=O)O[C@H](CBr)COP(=O)(O)O. The third kappa shape index (κ3) is 22.3. The summed E-state index contributed by atoms with van der Waals surface area (Å²) in [4.78, 5) is 29.1. The molecule has 0 aliphatic carbocycles. The Morgan fingerprint density at radius 1 is 0.931 bits per heavy atom. The number of phosphoric ester groups is 1. The fourth-order valence-electron chi connectivity index (χ4n) is 2.88. The summed E-state index contributed by atoms with van der Waals surface area (Å²) in [7, 11) is -4.55. The van der Waals surface area contributed by atoms with E-state index in [4.69, 9.17) is 14.5 Å². The molecule has 0 saturated heterocycles. The van der Waals surface area contributed by atoms with E-state index in [-0.39, 0.29) is 17.9 Å². The topological polar surface area (TPSA) is 93.1 Å². The van der Waals surface area contributed by atoms with Crippen molar-refractivity contribution in [2.24, 2.45) is 0 Å². The van der Waals surface area contributed by atoms with Crippen molar-refractivity contribution in [3.8, 4) is 0 Å². The molecule has 0 aromatic carbocycles. The van der Waals surface area contributed by atoms with E-state index in [1.54, 1.807) is 0 Å². The Bertz CT molecular complexity index is 466. The van der Waals surface area contributed by atoms with Crippen molar-refractivity contribution in [1.82, 2.24) is 0 Å². The highest BCUT2D eigenvalue weighted by Crippen LogP contribution is 2.36. The monoisotopic (exact) mass is 498 g/mol. The second-order valence-electron chi connectivity index (χ2n) is 7.39. The Morgan fingerprint density at radius 3 is 1.97 bits per heavy atom. The molecule has 6 nitrogen and oxygen atoms in total. The van der Waals surface area contributed by atoms with Gasteiger partial charge in [0.05, 0.1) is 6.61 Å². The van der Waals surface area contributed by atoms with Crippen LogP contribution in [0.2, 0.25) is 0 Å². The van der Waals surface area contributed by atoms with Gasteiger partial charge in [-0.3, -0.25) is 9.32 Å². The third-order valence-electron chi connectivity index (χ3n) is 4.54. The predicted octanol–water partition coefficient (Wildman–Crippen LogP) is 6.44. The van der Waals surface area contributed by atoms with Gasteiger partial charge < -0.3 is 14.5 Å². The lowest BCUT2D eigenvalue weighted by Crippen LogP contribution is -2.24. The van der Waals surface area contributed by atoms with Crippen LogP contribution in [0.5, 0.6) is 0 Å². The first kappa shape index (κ1) is 28.8. The quantitative estimate of drug-likeness (QED) is 0.0659. The van der Waals surface area contributed by atoms with Gasteiger partial charge in [-0.15, -0.1) is 0 Å². The second kappa shape index (κ2) is 19.7. The molecular formula is C21H40BrO6P. The number of carbonyl (C=O) groups is 1. The van der Waals surface area contributed by atoms with Crippen LogP contribution in [-0.4, -0.2) is 33.8 Å². The van der Waals surface area contributed by atoms with Gasteiger partial charge in [-0.05, 0) is 32.1 Å². The van der Waals surface area contributed by atoms with Gasteiger partial charge in [0.1, 0.15) is 6.10 Å². The lowest BCUT2D eigenvalue weighted by Gasteiger charge is -2.15. The molecule has 0 amide bonds.